The van der Waals surface area contributed by atoms with E-state index in [9.17, 15) is 4.79 Å². The Morgan fingerprint density at radius 1 is 1.08 bits per heavy atom. The summed E-state index contributed by atoms with van der Waals surface area (Å²) < 4.78 is 5.23. The van der Waals surface area contributed by atoms with Crippen LogP contribution in [0.25, 0.3) is 0 Å². The largest absolute Gasteiger partial charge is 0.495 e. The van der Waals surface area contributed by atoms with Crippen molar-refractivity contribution < 1.29 is 9.53 Å². The molecule has 0 unspecified atom stereocenters. The highest BCUT2D eigenvalue weighted by Gasteiger charge is 2.11. The SMILES string of the molecule is COc1ccc(Cl)cc1NC(=O)c1ccc(Nc2ccc(C)cc2)nc1. The van der Waals surface area contributed by atoms with E-state index in [2.05, 4.69) is 15.6 Å². The Bertz CT molecular complexity index is 909. The van der Waals surface area contributed by atoms with Gasteiger partial charge in [-0.05, 0) is 49.4 Å². The number of nitrogens with one attached hydrogen (secondary N) is 2. The van der Waals surface area contributed by atoms with Gasteiger partial charge in [-0.2, -0.15) is 0 Å². The molecule has 1 heterocycles. The van der Waals surface area contributed by atoms with E-state index in [0.717, 1.165) is 5.69 Å². The maximum absolute atomic E-state index is 12.4. The lowest BCUT2D eigenvalue weighted by Crippen LogP contribution is -2.13. The minimum atomic E-state index is -0.292. The second kappa shape index (κ2) is 7.89. The number of ether oxygens (including phenoxy) is 1. The summed E-state index contributed by atoms with van der Waals surface area (Å²) in [5, 5.41) is 6.49. The van der Waals surface area contributed by atoms with Crippen LogP contribution < -0.4 is 15.4 Å². The highest BCUT2D eigenvalue weighted by atomic mass is 35.5. The summed E-state index contributed by atoms with van der Waals surface area (Å²) in [6.07, 6.45) is 1.52. The van der Waals surface area contributed by atoms with E-state index >= 15 is 0 Å². The Balaban J connectivity index is 1.71. The number of carbonyl (C=O) groups excluding carboxylic acids is 1. The van der Waals surface area contributed by atoms with Gasteiger partial charge in [0.05, 0.1) is 18.4 Å². The van der Waals surface area contributed by atoms with Crippen molar-refractivity contribution in [3.8, 4) is 5.75 Å². The second-order valence-electron chi connectivity index (χ2n) is 5.72. The van der Waals surface area contributed by atoms with E-state index in [1.807, 2.05) is 31.2 Å². The monoisotopic (exact) mass is 367 g/mol. The molecule has 26 heavy (non-hydrogen) atoms. The number of nitrogens with zero attached hydrogens (tertiary/aromatic N) is 1. The Morgan fingerprint density at radius 2 is 1.85 bits per heavy atom. The first-order valence-corrected chi connectivity index (χ1v) is 8.37. The number of aryl methyl sites for hydroxylation is 1. The molecule has 0 saturated heterocycles. The number of rotatable bonds is 5. The fourth-order valence-electron chi connectivity index (χ4n) is 2.36. The molecule has 0 saturated carbocycles. The molecule has 0 spiro atoms. The maximum atomic E-state index is 12.4. The molecule has 0 aliphatic heterocycles. The number of halogens is 1. The first kappa shape index (κ1) is 17.8. The molecule has 3 rings (SSSR count). The fourth-order valence-corrected chi connectivity index (χ4v) is 2.53. The van der Waals surface area contributed by atoms with Crippen molar-refractivity contribution in [1.29, 1.82) is 0 Å². The average molecular weight is 368 g/mol. The van der Waals surface area contributed by atoms with Gasteiger partial charge in [0, 0.05) is 16.9 Å². The lowest BCUT2D eigenvalue weighted by Gasteiger charge is -2.11. The molecule has 1 aromatic heterocycles. The summed E-state index contributed by atoms with van der Waals surface area (Å²) in [6, 6.07) is 16.5. The summed E-state index contributed by atoms with van der Waals surface area (Å²) in [7, 11) is 1.53. The van der Waals surface area contributed by atoms with Gasteiger partial charge in [-0.15, -0.1) is 0 Å². The number of carbonyl (C=O) groups is 1. The molecule has 0 radical (unpaired) electrons. The van der Waals surface area contributed by atoms with Gasteiger partial charge in [-0.25, -0.2) is 4.98 Å². The van der Waals surface area contributed by atoms with E-state index < -0.39 is 0 Å². The molecule has 2 N–H and O–H groups in total. The third-order valence-electron chi connectivity index (χ3n) is 3.76. The number of amides is 1. The van der Waals surface area contributed by atoms with Crippen LogP contribution in [-0.2, 0) is 0 Å². The zero-order valence-corrected chi connectivity index (χ0v) is 15.2. The first-order valence-electron chi connectivity index (χ1n) is 8.00. The summed E-state index contributed by atoms with van der Waals surface area (Å²) in [4.78, 5) is 16.7. The maximum Gasteiger partial charge on any atom is 0.257 e. The summed E-state index contributed by atoms with van der Waals surface area (Å²) in [5.74, 6) is 0.902. The van der Waals surface area contributed by atoms with Gasteiger partial charge in [0.15, 0.2) is 0 Å². The van der Waals surface area contributed by atoms with E-state index in [0.29, 0.717) is 27.8 Å². The molecule has 0 aliphatic carbocycles. The highest BCUT2D eigenvalue weighted by Crippen LogP contribution is 2.28. The minimum Gasteiger partial charge on any atom is -0.495 e. The van der Waals surface area contributed by atoms with Crippen molar-refractivity contribution in [3.05, 3.63) is 76.9 Å². The van der Waals surface area contributed by atoms with Crippen LogP contribution in [0.2, 0.25) is 5.02 Å². The average Bonchev–Trinajstić information content (AvgIpc) is 2.64. The number of aromatic nitrogens is 1. The molecule has 132 valence electrons. The molecule has 3 aromatic rings. The molecular weight excluding hydrogens is 350 g/mol. The third kappa shape index (κ3) is 4.32. The third-order valence-corrected chi connectivity index (χ3v) is 3.99. The number of methoxy groups -OCH3 is 1. The molecule has 6 heteroatoms. The highest BCUT2D eigenvalue weighted by molar-refractivity contribution is 6.31. The molecular formula is C20H18ClN3O2. The molecule has 0 fully saturated rings. The van der Waals surface area contributed by atoms with E-state index in [-0.39, 0.29) is 5.91 Å². The predicted molar refractivity (Wildman–Crippen MR) is 105 cm³/mol. The minimum absolute atomic E-state index is 0.292. The van der Waals surface area contributed by atoms with E-state index in [4.69, 9.17) is 16.3 Å². The number of hydrogen-bond donors (Lipinski definition) is 2. The summed E-state index contributed by atoms with van der Waals surface area (Å²) >= 11 is 5.98. The van der Waals surface area contributed by atoms with Crippen LogP contribution in [0.5, 0.6) is 5.75 Å². The van der Waals surface area contributed by atoms with Crippen molar-refractivity contribution in [1.82, 2.24) is 4.98 Å². The van der Waals surface area contributed by atoms with Gasteiger partial charge >= 0.3 is 0 Å². The van der Waals surface area contributed by atoms with Crippen molar-refractivity contribution in [2.45, 2.75) is 6.92 Å². The zero-order chi connectivity index (χ0) is 18.5. The normalized spacial score (nSPS) is 10.3. The lowest BCUT2D eigenvalue weighted by molar-refractivity contribution is 0.102. The van der Waals surface area contributed by atoms with E-state index in [1.165, 1.54) is 18.9 Å². The van der Waals surface area contributed by atoms with Crippen molar-refractivity contribution in [2.75, 3.05) is 17.7 Å². The lowest BCUT2D eigenvalue weighted by atomic mass is 10.2. The summed E-state index contributed by atoms with van der Waals surface area (Å²) in [6.45, 7) is 2.03. The van der Waals surface area contributed by atoms with Crippen LogP contribution in [0.3, 0.4) is 0 Å². The number of benzene rings is 2. The van der Waals surface area contributed by atoms with E-state index in [1.54, 1.807) is 30.3 Å². The smallest absolute Gasteiger partial charge is 0.257 e. The standard InChI is InChI=1S/C20H18ClN3O2/c1-13-3-7-16(8-4-13)23-19-10-5-14(12-22-19)20(25)24-17-11-15(21)6-9-18(17)26-2/h3-12H,1-2H3,(H,22,23)(H,24,25). The van der Waals surface area contributed by atoms with Crippen LogP contribution in [0.1, 0.15) is 15.9 Å². The molecule has 0 bridgehead atoms. The van der Waals surface area contributed by atoms with Crippen molar-refractivity contribution in [2.24, 2.45) is 0 Å². The molecule has 0 atom stereocenters. The van der Waals surface area contributed by atoms with Crippen LogP contribution in [0, 0.1) is 6.92 Å². The Kier molecular flexibility index (Phi) is 5.39. The number of pyridine rings is 1. The molecule has 1 amide bonds. The van der Waals surface area contributed by atoms with Crippen molar-refractivity contribution in [3.63, 3.8) is 0 Å². The van der Waals surface area contributed by atoms with Gasteiger partial charge in [0.25, 0.3) is 5.91 Å². The molecule has 2 aromatic carbocycles. The molecule has 5 nitrogen and oxygen atoms in total. The van der Waals surface area contributed by atoms with Crippen LogP contribution >= 0.6 is 11.6 Å². The van der Waals surface area contributed by atoms with Crippen LogP contribution in [-0.4, -0.2) is 18.0 Å². The van der Waals surface area contributed by atoms with Crippen LogP contribution in [0.15, 0.2) is 60.8 Å². The molecule has 0 aliphatic rings. The zero-order valence-electron chi connectivity index (χ0n) is 14.4. The van der Waals surface area contributed by atoms with Gasteiger partial charge in [0.1, 0.15) is 11.6 Å². The Labute approximate surface area is 157 Å². The fraction of sp³-hybridized carbons (Fsp3) is 0.100. The predicted octanol–water partition coefficient (Wildman–Crippen LogP) is 5.05. The number of hydrogen-bond acceptors (Lipinski definition) is 4. The Hall–Kier alpha value is -3.05. The topological polar surface area (TPSA) is 63.2 Å². The van der Waals surface area contributed by atoms with Gasteiger partial charge < -0.3 is 15.4 Å². The second-order valence-corrected chi connectivity index (χ2v) is 6.16. The quantitative estimate of drug-likeness (QED) is 0.662. The van der Waals surface area contributed by atoms with Gasteiger partial charge in [-0.1, -0.05) is 29.3 Å². The van der Waals surface area contributed by atoms with Crippen molar-refractivity contribution >= 4 is 34.7 Å². The Morgan fingerprint density at radius 3 is 2.50 bits per heavy atom. The van der Waals surface area contributed by atoms with Crippen LogP contribution in [0.4, 0.5) is 17.2 Å². The number of anilines is 3. The first-order chi connectivity index (χ1) is 12.5. The van der Waals surface area contributed by atoms with Gasteiger partial charge in [0.2, 0.25) is 0 Å². The summed E-state index contributed by atoms with van der Waals surface area (Å²) in [5.41, 5.74) is 3.06. The van der Waals surface area contributed by atoms with Gasteiger partial charge in [-0.3, -0.25) is 4.79 Å².